The molecular formula is C15H22ClN3O5. The molecule has 1 aliphatic rings. The lowest BCUT2D eigenvalue weighted by molar-refractivity contribution is -0.385. The number of hydrogen-bond acceptors (Lipinski definition) is 6. The van der Waals surface area contributed by atoms with Gasteiger partial charge in [0.1, 0.15) is 0 Å². The van der Waals surface area contributed by atoms with Gasteiger partial charge in [-0.15, -0.1) is 12.4 Å². The van der Waals surface area contributed by atoms with Gasteiger partial charge in [-0.2, -0.15) is 0 Å². The molecule has 2 rings (SSSR count). The minimum absolute atomic E-state index is 0. The van der Waals surface area contributed by atoms with E-state index in [-0.39, 0.29) is 53.0 Å². The van der Waals surface area contributed by atoms with Gasteiger partial charge in [0.05, 0.1) is 24.7 Å². The van der Waals surface area contributed by atoms with Gasteiger partial charge < -0.3 is 20.1 Å². The SMILES string of the molecule is COc1cc(C(=O)N2CC(CN)CC2C)cc([N+](=O)[O-])c1OC.Cl. The van der Waals surface area contributed by atoms with Gasteiger partial charge in [-0.3, -0.25) is 14.9 Å². The van der Waals surface area contributed by atoms with Gasteiger partial charge in [-0.1, -0.05) is 0 Å². The van der Waals surface area contributed by atoms with Crippen LogP contribution in [-0.2, 0) is 0 Å². The molecule has 0 spiro atoms. The lowest BCUT2D eigenvalue weighted by Gasteiger charge is -2.22. The van der Waals surface area contributed by atoms with Crippen molar-refractivity contribution in [3.63, 3.8) is 0 Å². The van der Waals surface area contributed by atoms with Crippen LogP contribution in [0.15, 0.2) is 12.1 Å². The van der Waals surface area contributed by atoms with Crippen molar-refractivity contribution in [2.24, 2.45) is 11.7 Å². The number of methoxy groups -OCH3 is 2. The first-order chi connectivity index (χ1) is 10.9. The summed E-state index contributed by atoms with van der Waals surface area (Å²) in [5.41, 5.74) is 5.59. The van der Waals surface area contributed by atoms with Crippen molar-refractivity contribution in [2.75, 3.05) is 27.3 Å². The van der Waals surface area contributed by atoms with Crippen LogP contribution in [-0.4, -0.2) is 49.1 Å². The fraction of sp³-hybridized carbons (Fsp3) is 0.533. The van der Waals surface area contributed by atoms with Crippen molar-refractivity contribution in [3.05, 3.63) is 27.8 Å². The Kier molecular flexibility index (Phi) is 6.80. The van der Waals surface area contributed by atoms with Gasteiger partial charge in [0.15, 0.2) is 5.75 Å². The second-order valence-corrected chi connectivity index (χ2v) is 5.63. The molecule has 1 aromatic carbocycles. The first-order valence-corrected chi connectivity index (χ1v) is 7.34. The van der Waals surface area contributed by atoms with E-state index in [1.807, 2.05) is 6.92 Å². The molecule has 2 atom stereocenters. The van der Waals surface area contributed by atoms with E-state index in [4.69, 9.17) is 15.2 Å². The first kappa shape index (κ1) is 20.0. The minimum atomic E-state index is -0.589. The Bertz CT molecular complexity index is 625. The summed E-state index contributed by atoms with van der Waals surface area (Å²) in [6.45, 7) is 3.02. The molecule has 1 fully saturated rings. The molecule has 1 aromatic rings. The predicted molar refractivity (Wildman–Crippen MR) is 91.1 cm³/mol. The van der Waals surface area contributed by atoms with Gasteiger partial charge >= 0.3 is 5.69 Å². The van der Waals surface area contributed by atoms with E-state index < -0.39 is 4.92 Å². The molecule has 0 bridgehead atoms. The molecule has 2 N–H and O–H groups in total. The molecule has 1 amide bonds. The van der Waals surface area contributed by atoms with Gasteiger partial charge in [-0.25, -0.2) is 0 Å². The number of benzene rings is 1. The van der Waals surface area contributed by atoms with E-state index in [1.54, 1.807) is 4.90 Å². The van der Waals surface area contributed by atoms with E-state index in [9.17, 15) is 14.9 Å². The van der Waals surface area contributed by atoms with Crippen molar-refractivity contribution in [2.45, 2.75) is 19.4 Å². The van der Waals surface area contributed by atoms with Crippen LogP contribution in [0.25, 0.3) is 0 Å². The summed E-state index contributed by atoms with van der Waals surface area (Å²) in [5.74, 6) is 0.150. The molecule has 0 saturated carbocycles. The Hall–Kier alpha value is -2.06. The first-order valence-electron chi connectivity index (χ1n) is 7.34. The molecule has 1 aliphatic heterocycles. The fourth-order valence-electron chi connectivity index (χ4n) is 2.97. The minimum Gasteiger partial charge on any atom is -0.493 e. The van der Waals surface area contributed by atoms with Crippen LogP contribution < -0.4 is 15.2 Å². The average molecular weight is 360 g/mol. The molecule has 0 aliphatic carbocycles. The third-order valence-corrected chi connectivity index (χ3v) is 4.16. The monoisotopic (exact) mass is 359 g/mol. The summed E-state index contributed by atoms with van der Waals surface area (Å²) in [6.07, 6.45) is 0.831. The zero-order valence-electron chi connectivity index (χ0n) is 13.9. The fourth-order valence-corrected chi connectivity index (χ4v) is 2.97. The van der Waals surface area contributed by atoms with Crippen LogP contribution >= 0.6 is 12.4 Å². The zero-order valence-corrected chi connectivity index (χ0v) is 14.7. The number of nitro groups is 1. The quantitative estimate of drug-likeness (QED) is 0.634. The van der Waals surface area contributed by atoms with Crippen LogP contribution in [0.4, 0.5) is 5.69 Å². The standard InChI is InChI=1S/C15H21N3O5.ClH/c1-9-4-10(7-16)8-17(9)15(19)11-5-12(18(20)21)14(23-3)13(6-11)22-2;/h5-6,9-10H,4,7-8,16H2,1-3H3;1H. The van der Waals surface area contributed by atoms with E-state index in [2.05, 4.69) is 0 Å². The topological polar surface area (TPSA) is 108 Å². The van der Waals surface area contributed by atoms with Crippen LogP contribution in [0.5, 0.6) is 11.5 Å². The molecule has 1 heterocycles. The molecule has 8 nitrogen and oxygen atoms in total. The molecule has 134 valence electrons. The Morgan fingerprint density at radius 1 is 1.42 bits per heavy atom. The predicted octanol–water partition coefficient (Wildman–Crippen LogP) is 1.84. The highest BCUT2D eigenvalue weighted by Gasteiger charge is 2.34. The second-order valence-electron chi connectivity index (χ2n) is 5.63. The number of nitro benzene ring substituents is 1. The van der Waals surface area contributed by atoms with Crippen molar-refractivity contribution in [1.82, 2.24) is 4.90 Å². The normalized spacial score (nSPS) is 19.6. The number of hydrogen-bond donors (Lipinski definition) is 1. The van der Waals surface area contributed by atoms with Crippen molar-refractivity contribution >= 4 is 24.0 Å². The number of rotatable bonds is 5. The highest BCUT2D eigenvalue weighted by Crippen LogP contribution is 2.38. The number of nitrogens with zero attached hydrogens (tertiary/aromatic N) is 2. The lowest BCUT2D eigenvalue weighted by atomic mass is 10.1. The molecule has 0 aromatic heterocycles. The van der Waals surface area contributed by atoms with Crippen LogP contribution in [0.1, 0.15) is 23.7 Å². The van der Waals surface area contributed by atoms with Crippen LogP contribution in [0.3, 0.4) is 0 Å². The number of nitrogens with two attached hydrogens (primary N) is 1. The number of halogens is 1. The van der Waals surface area contributed by atoms with Crippen LogP contribution in [0.2, 0.25) is 0 Å². The molecule has 24 heavy (non-hydrogen) atoms. The number of carbonyl (C=O) groups excluding carboxylic acids is 1. The largest absolute Gasteiger partial charge is 0.493 e. The van der Waals surface area contributed by atoms with E-state index >= 15 is 0 Å². The Labute approximate surface area is 146 Å². The highest BCUT2D eigenvalue weighted by molar-refractivity contribution is 5.96. The van der Waals surface area contributed by atoms with Crippen molar-refractivity contribution in [1.29, 1.82) is 0 Å². The maximum atomic E-state index is 12.7. The number of likely N-dealkylation sites (tertiary alicyclic amines) is 1. The summed E-state index contributed by atoms with van der Waals surface area (Å²) in [5, 5.41) is 11.2. The summed E-state index contributed by atoms with van der Waals surface area (Å²) in [6, 6.07) is 2.74. The molecular weight excluding hydrogens is 338 g/mol. The Balaban J connectivity index is 0.00000288. The third kappa shape index (κ3) is 3.70. The second kappa shape index (κ2) is 8.16. The number of ether oxygens (including phenoxy) is 2. The lowest BCUT2D eigenvalue weighted by Crippen LogP contribution is -2.34. The number of amides is 1. The van der Waals surface area contributed by atoms with Gasteiger partial charge in [0.25, 0.3) is 5.91 Å². The Morgan fingerprint density at radius 2 is 2.08 bits per heavy atom. The summed E-state index contributed by atoms with van der Waals surface area (Å²) < 4.78 is 10.2. The third-order valence-electron chi connectivity index (χ3n) is 4.16. The summed E-state index contributed by atoms with van der Waals surface area (Å²) >= 11 is 0. The molecule has 9 heteroatoms. The maximum Gasteiger partial charge on any atom is 0.315 e. The summed E-state index contributed by atoms with van der Waals surface area (Å²) in [4.78, 5) is 25.1. The average Bonchev–Trinajstić information content (AvgIpc) is 2.93. The molecule has 1 saturated heterocycles. The highest BCUT2D eigenvalue weighted by atomic mass is 35.5. The Morgan fingerprint density at radius 3 is 2.54 bits per heavy atom. The number of carbonyl (C=O) groups is 1. The van der Waals surface area contributed by atoms with Gasteiger partial charge in [-0.05, 0) is 31.9 Å². The van der Waals surface area contributed by atoms with Crippen molar-refractivity contribution in [3.8, 4) is 11.5 Å². The molecule has 2 unspecified atom stereocenters. The van der Waals surface area contributed by atoms with E-state index in [1.165, 1.54) is 26.4 Å². The van der Waals surface area contributed by atoms with E-state index in [0.717, 1.165) is 6.42 Å². The van der Waals surface area contributed by atoms with E-state index in [0.29, 0.717) is 13.1 Å². The van der Waals surface area contributed by atoms with Crippen LogP contribution in [0, 0.1) is 16.0 Å². The van der Waals surface area contributed by atoms with Gasteiger partial charge in [0.2, 0.25) is 5.75 Å². The molecule has 0 radical (unpaired) electrons. The maximum absolute atomic E-state index is 12.7. The smallest absolute Gasteiger partial charge is 0.315 e. The summed E-state index contributed by atoms with van der Waals surface area (Å²) in [7, 11) is 2.69. The van der Waals surface area contributed by atoms with Crippen molar-refractivity contribution < 1.29 is 19.2 Å². The zero-order chi connectivity index (χ0) is 17.1. The van der Waals surface area contributed by atoms with Gasteiger partial charge in [0, 0.05) is 18.7 Å².